The summed E-state index contributed by atoms with van der Waals surface area (Å²) in [5.41, 5.74) is 1.06. The van der Waals surface area contributed by atoms with Crippen LogP contribution < -0.4 is 0 Å². The molecule has 13 heavy (non-hydrogen) atoms. The van der Waals surface area contributed by atoms with Gasteiger partial charge in [-0.25, -0.2) is 0 Å². The Labute approximate surface area is 84.0 Å². The summed E-state index contributed by atoms with van der Waals surface area (Å²) in [7, 11) is 1.68. The molecule has 0 radical (unpaired) electrons. The average molecular weight is 197 g/mol. The lowest BCUT2D eigenvalue weighted by Crippen LogP contribution is -1.86. The molecule has 1 aromatic rings. The predicted molar refractivity (Wildman–Crippen MR) is 56.7 cm³/mol. The third-order valence-corrected chi connectivity index (χ3v) is 1.99. The third kappa shape index (κ3) is 2.78. The lowest BCUT2D eigenvalue weighted by atomic mass is 10.1. The second-order valence-corrected chi connectivity index (χ2v) is 3.12. The molecule has 2 heteroatoms. The van der Waals surface area contributed by atoms with Gasteiger partial charge in [0.1, 0.15) is 5.76 Å². The van der Waals surface area contributed by atoms with Crippen molar-refractivity contribution < 1.29 is 4.74 Å². The van der Waals surface area contributed by atoms with Gasteiger partial charge in [-0.2, -0.15) is 0 Å². The fourth-order valence-electron chi connectivity index (χ4n) is 1.12. The minimum atomic E-state index is 0.746. The van der Waals surface area contributed by atoms with Gasteiger partial charge in [-0.3, -0.25) is 0 Å². The van der Waals surface area contributed by atoms with Gasteiger partial charge >= 0.3 is 0 Å². The first kappa shape index (κ1) is 10.1. The summed E-state index contributed by atoms with van der Waals surface area (Å²) in [6.45, 7) is 2.08. The van der Waals surface area contributed by atoms with E-state index in [-0.39, 0.29) is 0 Å². The van der Waals surface area contributed by atoms with Crippen LogP contribution in [0.3, 0.4) is 0 Å². The minimum Gasteiger partial charge on any atom is -0.496 e. The molecule has 0 aliphatic heterocycles. The number of benzene rings is 1. The number of rotatable bonds is 3. The third-order valence-electron chi connectivity index (χ3n) is 1.74. The molecule has 0 saturated carbocycles. The molecular weight excluding hydrogens is 184 g/mol. The van der Waals surface area contributed by atoms with E-state index in [9.17, 15) is 0 Å². The van der Waals surface area contributed by atoms with Crippen molar-refractivity contribution in [3.05, 3.63) is 40.9 Å². The molecule has 1 aromatic carbocycles. The van der Waals surface area contributed by atoms with Gasteiger partial charge in [-0.15, -0.1) is 0 Å². The molecular formula is C11H13ClO. The van der Waals surface area contributed by atoms with E-state index in [1.54, 1.807) is 7.11 Å². The molecule has 0 aliphatic carbocycles. The van der Waals surface area contributed by atoms with E-state index in [0.717, 1.165) is 22.8 Å². The van der Waals surface area contributed by atoms with Crippen molar-refractivity contribution in [3.63, 3.8) is 0 Å². The van der Waals surface area contributed by atoms with Crippen LogP contribution in [0.5, 0.6) is 0 Å². The molecule has 0 aromatic heterocycles. The Morgan fingerprint density at radius 1 is 1.38 bits per heavy atom. The first-order valence-electron chi connectivity index (χ1n) is 4.28. The van der Waals surface area contributed by atoms with Crippen molar-refractivity contribution in [1.29, 1.82) is 0 Å². The van der Waals surface area contributed by atoms with Gasteiger partial charge in [0.05, 0.1) is 7.11 Å². The molecule has 0 saturated heterocycles. The topological polar surface area (TPSA) is 9.23 Å². The Morgan fingerprint density at radius 2 is 2.00 bits per heavy atom. The highest BCUT2D eigenvalue weighted by Crippen LogP contribution is 2.18. The minimum absolute atomic E-state index is 0.746. The van der Waals surface area contributed by atoms with E-state index < -0.39 is 0 Å². The summed E-state index contributed by atoms with van der Waals surface area (Å²) < 4.78 is 5.23. The molecule has 70 valence electrons. The van der Waals surface area contributed by atoms with Crippen LogP contribution in [0.4, 0.5) is 0 Å². The standard InChI is InChI=1S/C11H13ClO/c1-3-4-11(13-2)9-5-7-10(12)8-6-9/h4-8H,3H2,1-2H3. The maximum atomic E-state index is 5.78. The van der Waals surface area contributed by atoms with E-state index in [4.69, 9.17) is 16.3 Å². The largest absolute Gasteiger partial charge is 0.496 e. The van der Waals surface area contributed by atoms with Gasteiger partial charge in [0.15, 0.2) is 0 Å². The maximum Gasteiger partial charge on any atom is 0.122 e. The monoisotopic (exact) mass is 196 g/mol. The second-order valence-electron chi connectivity index (χ2n) is 2.69. The van der Waals surface area contributed by atoms with Crippen LogP contribution >= 0.6 is 11.6 Å². The molecule has 0 heterocycles. The summed E-state index contributed by atoms with van der Waals surface area (Å²) >= 11 is 5.78. The molecule has 0 unspecified atom stereocenters. The van der Waals surface area contributed by atoms with Crippen molar-refractivity contribution in [2.45, 2.75) is 13.3 Å². The van der Waals surface area contributed by atoms with E-state index in [0.29, 0.717) is 0 Å². The zero-order valence-corrected chi connectivity index (χ0v) is 8.64. The Hall–Kier alpha value is -0.950. The summed E-state index contributed by atoms with van der Waals surface area (Å²) in [6, 6.07) is 7.62. The summed E-state index contributed by atoms with van der Waals surface area (Å²) in [6.07, 6.45) is 3.01. The summed E-state index contributed by atoms with van der Waals surface area (Å²) in [5.74, 6) is 0.902. The van der Waals surface area contributed by atoms with E-state index in [1.165, 1.54) is 0 Å². The Bertz CT molecular complexity index is 287. The summed E-state index contributed by atoms with van der Waals surface area (Å²) in [4.78, 5) is 0. The van der Waals surface area contributed by atoms with Crippen LogP contribution in [-0.4, -0.2) is 7.11 Å². The molecule has 0 aliphatic rings. The van der Waals surface area contributed by atoms with Crippen LogP contribution in [0.1, 0.15) is 18.9 Å². The fraction of sp³-hybridized carbons (Fsp3) is 0.273. The average Bonchev–Trinajstić information content (AvgIpc) is 2.16. The SMILES string of the molecule is CCC=C(OC)c1ccc(Cl)cc1. The van der Waals surface area contributed by atoms with Crippen LogP contribution in [0.25, 0.3) is 5.76 Å². The number of halogens is 1. The van der Waals surface area contributed by atoms with Crippen molar-refractivity contribution in [1.82, 2.24) is 0 Å². The number of hydrogen-bond donors (Lipinski definition) is 0. The number of allylic oxidation sites excluding steroid dienone is 1. The molecule has 0 fully saturated rings. The highest BCUT2D eigenvalue weighted by Gasteiger charge is 1.99. The van der Waals surface area contributed by atoms with Gasteiger partial charge in [0, 0.05) is 10.6 Å². The van der Waals surface area contributed by atoms with Gasteiger partial charge < -0.3 is 4.74 Å². The quantitative estimate of drug-likeness (QED) is 0.670. The van der Waals surface area contributed by atoms with Crippen LogP contribution in [0, 0.1) is 0 Å². The van der Waals surface area contributed by atoms with Gasteiger partial charge in [0.25, 0.3) is 0 Å². The van der Waals surface area contributed by atoms with Crippen molar-refractivity contribution >= 4 is 17.4 Å². The Morgan fingerprint density at radius 3 is 2.46 bits per heavy atom. The van der Waals surface area contributed by atoms with Crippen LogP contribution in [-0.2, 0) is 4.74 Å². The Balaban J connectivity index is 2.92. The number of hydrogen-bond acceptors (Lipinski definition) is 1. The van der Waals surface area contributed by atoms with Gasteiger partial charge in [-0.1, -0.05) is 18.5 Å². The molecule has 1 rings (SSSR count). The van der Waals surface area contributed by atoms with Gasteiger partial charge in [0.2, 0.25) is 0 Å². The molecule has 0 atom stereocenters. The zero-order chi connectivity index (χ0) is 9.68. The van der Waals surface area contributed by atoms with Crippen LogP contribution in [0.2, 0.25) is 5.02 Å². The molecule has 1 nitrogen and oxygen atoms in total. The van der Waals surface area contributed by atoms with E-state index >= 15 is 0 Å². The van der Waals surface area contributed by atoms with Gasteiger partial charge in [-0.05, 0) is 36.8 Å². The molecule has 0 bridgehead atoms. The lowest BCUT2D eigenvalue weighted by Gasteiger charge is -2.05. The van der Waals surface area contributed by atoms with Crippen LogP contribution in [0.15, 0.2) is 30.3 Å². The zero-order valence-electron chi connectivity index (χ0n) is 7.88. The number of methoxy groups -OCH3 is 1. The van der Waals surface area contributed by atoms with Crippen molar-refractivity contribution in [2.24, 2.45) is 0 Å². The highest BCUT2D eigenvalue weighted by molar-refractivity contribution is 6.30. The Kier molecular flexibility index (Phi) is 3.84. The van der Waals surface area contributed by atoms with Crippen molar-refractivity contribution in [3.8, 4) is 0 Å². The first-order chi connectivity index (χ1) is 6.27. The number of ether oxygens (including phenoxy) is 1. The van der Waals surface area contributed by atoms with Crippen molar-refractivity contribution in [2.75, 3.05) is 7.11 Å². The molecule has 0 spiro atoms. The smallest absolute Gasteiger partial charge is 0.122 e. The lowest BCUT2D eigenvalue weighted by molar-refractivity contribution is 0.369. The predicted octanol–water partition coefficient (Wildman–Crippen LogP) is 3.74. The summed E-state index contributed by atoms with van der Waals surface area (Å²) in [5, 5.41) is 0.746. The first-order valence-corrected chi connectivity index (χ1v) is 4.65. The maximum absolute atomic E-state index is 5.78. The molecule has 0 amide bonds. The normalized spacial score (nSPS) is 11.5. The fourth-order valence-corrected chi connectivity index (χ4v) is 1.24. The van der Waals surface area contributed by atoms with E-state index in [2.05, 4.69) is 6.92 Å². The highest BCUT2D eigenvalue weighted by atomic mass is 35.5. The van der Waals surface area contributed by atoms with E-state index in [1.807, 2.05) is 30.3 Å². The molecule has 0 N–H and O–H groups in total. The second kappa shape index (κ2) is 4.93.